The fourth-order valence-electron chi connectivity index (χ4n) is 2.15. The number of nitrogens with one attached hydrogen (secondary N) is 1. The molecule has 22 heavy (non-hydrogen) atoms. The first kappa shape index (κ1) is 13.9. The topological polar surface area (TPSA) is 80.6 Å². The van der Waals surface area contributed by atoms with E-state index in [0.29, 0.717) is 11.0 Å². The van der Waals surface area contributed by atoms with E-state index in [-0.39, 0.29) is 16.9 Å². The number of hydrogen-bond donors (Lipinski definition) is 2. The Morgan fingerprint density at radius 3 is 2.73 bits per heavy atom. The van der Waals surface area contributed by atoms with Gasteiger partial charge in [-0.2, -0.15) is 5.10 Å². The molecule has 0 amide bonds. The minimum absolute atomic E-state index is 0.0555. The molecule has 1 heterocycles. The quantitative estimate of drug-likeness (QED) is 0.574. The number of fused-ring (bicyclic) bond motifs is 1. The number of hydrazone groups is 1. The third-order valence-corrected chi connectivity index (χ3v) is 3.27. The fourth-order valence-corrected chi connectivity index (χ4v) is 2.15. The molecule has 3 rings (SSSR count). The van der Waals surface area contributed by atoms with E-state index >= 15 is 0 Å². The highest BCUT2D eigenvalue weighted by Crippen LogP contribution is 2.17. The molecule has 0 bridgehead atoms. The van der Waals surface area contributed by atoms with Gasteiger partial charge in [0.2, 0.25) is 11.3 Å². The molecule has 0 aliphatic rings. The van der Waals surface area contributed by atoms with Crippen LogP contribution in [0.15, 0.2) is 62.8 Å². The summed E-state index contributed by atoms with van der Waals surface area (Å²) in [5.74, 6) is 0.0555. The van der Waals surface area contributed by atoms with Gasteiger partial charge in [-0.1, -0.05) is 29.8 Å². The van der Waals surface area contributed by atoms with Crippen LogP contribution in [0.5, 0.6) is 0 Å². The molecule has 0 aliphatic carbocycles. The molecule has 0 fully saturated rings. The van der Waals surface area contributed by atoms with Gasteiger partial charge in [0.15, 0.2) is 0 Å². The van der Waals surface area contributed by atoms with Crippen LogP contribution in [0, 0.1) is 6.92 Å². The van der Waals surface area contributed by atoms with Crippen LogP contribution in [0.1, 0.15) is 11.1 Å². The van der Waals surface area contributed by atoms with Crippen LogP contribution >= 0.6 is 0 Å². The molecule has 110 valence electrons. The number of rotatable bonds is 3. The van der Waals surface area contributed by atoms with Crippen molar-refractivity contribution in [2.24, 2.45) is 5.10 Å². The minimum atomic E-state index is -0.193. The maximum absolute atomic E-state index is 12.5. The van der Waals surface area contributed by atoms with Gasteiger partial charge in [-0.15, -0.1) is 0 Å². The van der Waals surface area contributed by atoms with Crippen LogP contribution in [0.4, 0.5) is 11.6 Å². The molecule has 5 heteroatoms. The van der Waals surface area contributed by atoms with Crippen molar-refractivity contribution < 1.29 is 4.42 Å². The fraction of sp³-hybridized carbons (Fsp3) is 0.0588. The van der Waals surface area contributed by atoms with Gasteiger partial charge in [0.25, 0.3) is 0 Å². The van der Waals surface area contributed by atoms with Crippen molar-refractivity contribution >= 4 is 28.8 Å². The number of benzene rings is 2. The van der Waals surface area contributed by atoms with Crippen LogP contribution in [-0.4, -0.2) is 6.21 Å². The monoisotopic (exact) mass is 293 g/mol. The van der Waals surface area contributed by atoms with Crippen LogP contribution in [0.3, 0.4) is 0 Å². The van der Waals surface area contributed by atoms with Crippen molar-refractivity contribution in [1.82, 2.24) is 0 Å². The summed E-state index contributed by atoms with van der Waals surface area (Å²) in [4.78, 5) is 12.5. The second-order valence-corrected chi connectivity index (χ2v) is 4.94. The molecule has 0 unspecified atom stereocenters. The number of aryl methyl sites for hydroxylation is 1. The third-order valence-electron chi connectivity index (χ3n) is 3.27. The molecule has 0 radical (unpaired) electrons. The first-order valence-corrected chi connectivity index (χ1v) is 6.82. The Morgan fingerprint density at radius 1 is 1.18 bits per heavy atom. The highest BCUT2D eigenvalue weighted by molar-refractivity contribution is 5.91. The lowest BCUT2D eigenvalue weighted by molar-refractivity contribution is 0.624. The van der Waals surface area contributed by atoms with E-state index < -0.39 is 0 Å². The summed E-state index contributed by atoms with van der Waals surface area (Å²) < 4.78 is 5.49. The van der Waals surface area contributed by atoms with Crippen LogP contribution in [-0.2, 0) is 0 Å². The van der Waals surface area contributed by atoms with Crippen LogP contribution in [0.2, 0.25) is 0 Å². The van der Waals surface area contributed by atoms with Gasteiger partial charge in [0.05, 0.1) is 17.3 Å². The Balaban J connectivity index is 1.98. The van der Waals surface area contributed by atoms with E-state index in [9.17, 15) is 4.79 Å². The molecule has 0 spiro atoms. The molecular formula is C17H15N3O2. The van der Waals surface area contributed by atoms with Gasteiger partial charge in [0.1, 0.15) is 11.1 Å². The van der Waals surface area contributed by atoms with E-state index in [1.54, 1.807) is 12.1 Å². The highest BCUT2D eigenvalue weighted by Gasteiger charge is 2.10. The van der Waals surface area contributed by atoms with Crippen molar-refractivity contribution in [2.75, 3.05) is 11.2 Å². The molecule has 0 atom stereocenters. The van der Waals surface area contributed by atoms with Crippen molar-refractivity contribution in [2.45, 2.75) is 6.92 Å². The zero-order chi connectivity index (χ0) is 15.5. The van der Waals surface area contributed by atoms with E-state index in [0.717, 1.165) is 11.3 Å². The second-order valence-electron chi connectivity index (χ2n) is 4.94. The maximum Gasteiger partial charge on any atom is 0.203 e. The lowest BCUT2D eigenvalue weighted by atomic mass is 10.1. The summed E-state index contributed by atoms with van der Waals surface area (Å²) in [6.07, 6.45) is 1.38. The molecule has 2 aromatic carbocycles. The van der Waals surface area contributed by atoms with Crippen molar-refractivity contribution in [3.8, 4) is 0 Å². The van der Waals surface area contributed by atoms with Gasteiger partial charge in [-0.3, -0.25) is 10.2 Å². The summed E-state index contributed by atoms with van der Waals surface area (Å²) in [5.41, 5.74) is 11.0. The molecule has 0 aliphatic heterocycles. The number of nitrogens with zero attached hydrogens (tertiary/aromatic N) is 1. The van der Waals surface area contributed by atoms with Gasteiger partial charge < -0.3 is 10.2 Å². The predicted molar refractivity (Wildman–Crippen MR) is 89.3 cm³/mol. The SMILES string of the molecule is Cc1ccc2oc(N)c(/C=N/Nc3ccccc3)c(=O)c2c1. The standard InChI is InChI=1S/C17H15N3O2/c1-11-7-8-15-13(9-11)16(21)14(17(18)22-15)10-19-20-12-5-3-2-4-6-12/h2-10,20H,18H2,1H3/b19-10+. The van der Waals surface area contributed by atoms with Gasteiger partial charge in [0, 0.05) is 0 Å². The van der Waals surface area contributed by atoms with E-state index in [2.05, 4.69) is 10.5 Å². The smallest absolute Gasteiger partial charge is 0.203 e. The molecule has 5 nitrogen and oxygen atoms in total. The van der Waals surface area contributed by atoms with Gasteiger partial charge in [-0.25, -0.2) is 0 Å². The Hall–Kier alpha value is -3.08. The summed E-state index contributed by atoms with van der Waals surface area (Å²) in [6.45, 7) is 1.92. The average molecular weight is 293 g/mol. The summed E-state index contributed by atoms with van der Waals surface area (Å²) in [5, 5.41) is 4.54. The molecule has 1 aromatic heterocycles. The number of nitrogens with two attached hydrogens (primary N) is 1. The zero-order valence-electron chi connectivity index (χ0n) is 12.0. The molecule has 0 saturated carbocycles. The van der Waals surface area contributed by atoms with Crippen LogP contribution in [0.25, 0.3) is 11.0 Å². The minimum Gasteiger partial charge on any atom is -0.440 e. The number of anilines is 2. The second kappa shape index (κ2) is 5.73. The van der Waals surface area contributed by atoms with Crippen LogP contribution < -0.4 is 16.6 Å². The van der Waals surface area contributed by atoms with Gasteiger partial charge in [-0.05, 0) is 31.2 Å². The van der Waals surface area contributed by atoms with E-state index in [1.165, 1.54) is 6.21 Å². The number of hydrogen-bond acceptors (Lipinski definition) is 5. The Morgan fingerprint density at radius 2 is 1.95 bits per heavy atom. The highest BCUT2D eigenvalue weighted by atomic mass is 16.3. The predicted octanol–water partition coefficient (Wildman–Crippen LogP) is 3.13. The number of nitrogen functional groups attached to an aromatic ring is 1. The maximum atomic E-state index is 12.5. The van der Waals surface area contributed by atoms with E-state index in [1.807, 2.05) is 43.3 Å². The lowest BCUT2D eigenvalue weighted by Crippen LogP contribution is -2.12. The molecule has 3 N–H and O–H groups in total. The van der Waals surface area contributed by atoms with Crippen molar-refractivity contribution in [3.05, 3.63) is 69.9 Å². The summed E-state index contributed by atoms with van der Waals surface area (Å²) in [7, 11) is 0. The largest absolute Gasteiger partial charge is 0.440 e. The Kier molecular flexibility index (Phi) is 3.62. The zero-order valence-corrected chi connectivity index (χ0v) is 12.0. The third kappa shape index (κ3) is 2.69. The molecule has 3 aromatic rings. The van der Waals surface area contributed by atoms with Crippen molar-refractivity contribution in [3.63, 3.8) is 0 Å². The van der Waals surface area contributed by atoms with Gasteiger partial charge >= 0.3 is 0 Å². The first-order valence-electron chi connectivity index (χ1n) is 6.82. The summed E-state index contributed by atoms with van der Waals surface area (Å²) >= 11 is 0. The van der Waals surface area contributed by atoms with E-state index in [4.69, 9.17) is 10.2 Å². The van der Waals surface area contributed by atoms with Crippen molar-refractivity contribution in [1.29, 1.82) is 0 Å². The number of para-hydroxylation sites is 1. The Labute approximate surface area is 127 Å². The lowest BCUT2D eigenvalue weighted by Gasteiger charge is -2.04. The average Bonchev–Trinajstić information content (AvgIpc) is 2.52. The summed E-state index contributed by atoms with van der Waals surface area (Å²) in [6, 6.07) is 14.8. The molecular weight excluding hydrogens is 278 g/mol. The molecule has 0 saturated heterocycles. The normalized spacial score (nSPS) is 11.1. The first-order chi connectivity index (χ1) is 10.6. The Bertz CT molecular complexity index is 899.